The number of carbonyl (C=O) groups excluding carboxylic acids is 1. The van der Waals surface area contributed by atoms with E-state index >= 15 is 0 Å². The summed E-state index contributed by atoms with van der Waals surface area (Å²) in [6.07, 6.45) is 7.28. The number of amides is 1. The summed E-state index contributed by atoms with van der Waals surface area (Å²) >= 11 is 0. The van der Waals surface area contributed by atoms with Crippen LogP contribution in [-0.4, -0.2) is 34.9 Å². The van der Waals surface area contributed by atoms with Crippen LogP contribution in [-0.2, 0) is 17.8 Å². The van der Waals surface area contributed by atoms with Crippen LogP contribution in [0.3, 0.4) is 0 Å². The molecule has 1 aliphatic rings. The fourth-order valence-electron chi connectivity index (χ4n) is 3.30. The van der Waals surface area contributed by atoms with Crippen molar-refractivity contribution in [3.63, 3.8) is 0 Å². The topological polar surface area (TPSA) is 45.2 Å². The quantitative estimate of drug-likeness (QED) is 0.760. The molecule has 2 heterocycles. The van der Waals surface area contributed by atoms with Gasteiger partial charge in [-0.3, -0.25) is 9.78 Å². The minimum absolute atomic E-state index is 0.310. The first-order valence-electron chi connectivity index (χ1n) is 8.76. The second-order valence-corrected chi connectivity index (χ2v) is 6.34. The lowest BCUT2D eigenvalue weighted by atomic mass is 10.1. The highest BCUT2D eigenvalue weighted by atomic mass is 16.2. The van der Waals surface area contributed by atoms with Gasteiger partial charge in [-0.1, -0.05) is 30.3 Å². The van der Waals surface area contributed by atoms with Gasteiger partial charge in [0, 0.05) is 37.9 Å². The van der Waals surface area contributed by atoms with Crippen LogP contribution in [0.5, 0.6) is 0 Å². The van der Waals surface area contributed by atoms with E-state index < -0.39 is 0 Å². The molecule has 1 fully saturated rings. The van der Waals surface area contributed by atoms with Crippen LogP contribution < -0.4 is 5.32 Å². The molecule has 1 unspecified atom stereocenters. The average molecular weight is 323 g/mol. The predicted molar refractivity (Wildman–Crippen MR) is 95.4 cm³/mol. The average Bonchev–Trinajstić information content (AvgIpc) is 2.98. The van der Waals surface area contributed by atoms with Gasteiger partial charge in [-0.05, 0) is 49.1 Å². The second kappa shape index (κ2) is 8.60. The lowest BCUT2D eigenvalue weighted by Crippen LogP contribution is -2.36. The number of carbonyl (C=O) groups is 1. The standard InChI is InChI=1S/C20H25N3O/c24-20-7-6-19(10-14-22-16-18-8-12-21-13-9-18)23(20)15-11-17-4-2-1-3-5-17/h1-5,8-9,12-13,19,22H,6-7,10-11,14-16H2. The van der Waals surface area contributed by atoms with Gasteiger partial charge >= 0.3 is 0 Å². The molecule has 126 valence electrons. The highest BCUT2D eigenvalue weighted by Gasteiger charge is 2.29. The molecule has 0 radical (unpaired) electrons. The maximum absolute atomic E-state index is 12.2. The Bertz CT molecular complexity index is 630. The normalized spacial score (nSPS) is 17.4. The molecule has 0 saturated carbocycles. The third kappa shape index (κ3) is 4.65. The van der Waals surface area contributed by atoms with Crippen molar-refractivity contribution in [2.45, 2.75) is 38.3 Å². The minimum atomic E-state index is 0.310. The van der Waals surface area contributed by atoms with Gasteiger partial charge in [0.1, 0.15) is 0 Å². The van der Waals surface area contributed by atoms with Crippen LogP contribution in [0.2, 0.25) is 0 Å². The Balaban J connectivity index is 1.43. The van der Waals surface area contributed by atoms with E-state index in [1.54, 1.807) is 0 Å². The maximum Gasteiger partial charge on any atom is 0.222 e. The molecule has 0 spiro atoms. The summed E-state index contributed by atoms with van der Waals surface area (Å²) in [5.41, 5.74) is 2.54. The number of benzene rings is 1. The Morgan fingerprint density at radius 2 is 1.88 bits per heavy atom. The van der Waals surface area contributed by atoms with Gasteiger partial charge in [0.25, 0.3) is 0 Å². The number of nitrogens with one attached hydrogen (secondary N) is 1. The molecule has 1 aliphatic heterocycles. The molecule has 4 heteroatoms. The molecular formula is C20H25N3O. The Morgan fingerprint density at radius 3 is 2.67 bits per heavy atom. The van der Waals surface area contributed by atoms with Gasteiger partial charge in [0.15, 0.2) is 0 Å². The van der Waals surface area contributed by atoms with E-state index in [0.717, 1.165) is 38.9 Å². The molecule has 1 saturated heterocycles. The van der Waals surface area contributed by atoms with Gasteiger partial charge in [-0.15, -0.1) is 0 Å². The number of rotatable bonds is 8. The van der Waals surface area contributed by atoms with Gasteiger partial charge < -0.3 is 10.2 Å². The molecule has 2 aromatic rings. The molecule has 0 bridgehead atoms. The number of hydrogen-bond acceptors (Lipinski definition) is 3. The number of aromatic nitrogens is 1. The maximum atomic E-state index is 12.2. The first kappa shape index (κ1) is 16.7. The van der Waals surface area contributed by atoms with Crippen molar-refractivity contribution in [2.24, 2.45) is 0 Å². The van der Waals surface area contributed by atoms with Gasteiger partial charge in [-0.2, -0.15) is 0 Å². The number of hydrogen-bond donors (Lipinski definition) is 1. The van der Waals surface area contributed by atoms with Crippen molar-refractivity contribution in [1.29, 1.82) is 0 Å². The predicted octanol–water partition coefficient (Wildman–Crippen LogP) is 2.80. The minimum Gasteiger partial charge on any atom is -0.339 e. The zero-order valence-electron chi connectivity index (χ0n) is 14.0. The van der Waals surface area contributed by atoms with Crippen molar-refractivity contribution in [3.05, 3.63) is 66.0 Å². The smallest absolute Gasteiger partial charge is 0.222 e. The lowest BCUT2D eigenvalue weighted by Gasteiger charge is -2.25. The van der Waals surface area contributed by atoms with Crippen molar-refractivity contribution in [2.75, 3.05) is 13.1 Å². The molecule has 1 N–H and O–H groups in total. The third-order valence-electron chi connectivity index (χ3n) is 4.67. The van der Waals surface area contributed by atoms with Crippen LogP contribution in [0.1, 0.15) is 30.4 Å². The number of pyridine rings is 1. The first-order chi connectivity index (χ1) is 11.8. The van der Waals surface area contributed by atoms with E-state index in [1.165, 1.54) is 11.1 Å². The summed E-state index contributed by atoms with van der Waals surface area (Å²) in [4.78, 5) is 18.3. The van der Waals surface area contributed by atoms with Crippen LogP contribution >= 0.6 is 0 Å². The number of nitrogens with zero attached hydrogens (tertiary/aromatic N) is 2. The van der Waals surface area contributed by atoms with Gasteiger partial charge in [-0.25, -0.2) is 0 Å². The summed E-state index contributed by atoms with van der Waals surface area (Å²) in [6, 6.07) is 14.8. The van der Waals surface area contributed by atoms with E-state index in [4.69, 9.17) is 0 Å². The van der Waals surface area contributed by atoms with Crippen LogP contribution in [0.15, 0.2) is 54.9 Å². The second-order valence-electron chi connectivity index (χ2n) is 6.34. The SMILES string of the molecule is O=C1CCC(CCNCc2ccncc2)N1CCc1ccccc1. The molecule has 3 rings (SSSR count). The highest BCUT2D eigenvalue weighted by Crippen LogP contribution is 2.21. The fourth-order valence-corrected chi connectivity index (χ4v) is 3.30. The van der Waals surface area contributed by atoms with Crippen LogP contribution in [0.4, 0.5) is 0 Å². The monoisotopic (exact) mass is 323 g/mol. The van der Waals surface area contributed by atoms with Crippen molar-refractivity contribution in [1.82, 2.24) is 15.2 Å². The molecular weight excluding hydrogens is 298 g/mol. The molecule has 0 aliphatic carbocycles. The summed E-state index contributed by atoms with van der Waals surface area (Å²) in [5, 5.41) is 3.47. The van der Waals surface area contributed by atoms with E-state index in [9.17, 15) is 4.79 Å². The van der Waals surface area contributed by atoms with Crippen LogP contribution in [0, 0.1) is 0 Å². The van der Waals surface area contributed by atoms with Crippen molar-refractivity contribution < 1.29 is 4.79 Å². The molecule has 4 nitrogen and oxygen atoms in total. The Hall–Kier alpha value is -2.20. The van der Waals surface area contributed by atoms with Gasteiger partial charge in [0.05, 0.1) is 0 Å². The number of likely N-dealkylation sites (tertiary alicyclic amines) is 1. The third-order valence-corrected chi connectivity index (χ3v) is 4.67. The van der Waals surface area contributed by atoms with E-state index in [0.29, 0.717) is 18.4 Å². The summed E-state index contributed by atoms with van der Waals surface area (Å²) < 4.78 is 0. The molecule has 1 aromatic heterocycles. The molecule has 24 heavy (non-hydrogen) atoms. The lowest BCUT2D eigenvalue weighted by molar-refractivity contribution is -0.129. The Labute approximate surface area is 143 Å². The van der Waals surface area contributed by atoms with E-state index in [-0.39, 0.29) is 0 Å². The van der Waals surface area contributed by atoms with Gasteiger partial charge in [0.2, 0.25) is 5.91 Å². The molecule has 1 aromatic carbocycles. The van der Waals surface area contributed by atoms with E-state index in [2.05, 4.69) is 39.5 Å². The fraction of sp³-hybridized carbons (Fsp3) is 0.400. The first-order valence-corrected chi connectivity index (χ1v) is 8.76. The largest absolute Gasteiger partial charge is 0.339 e. The van der Waals surface area contributed by atoms with Crippen LogP contribution in [0.25, 0.3) is 0 Å². The van der Waals surface area contributed by atoms with Crippen molar-refractivity contribution >= 4 is 5.91 Å². The summed E-state index contributed by atoms with van der Waals surface area (Å²) in [7, 11) is 0. The zero-order valence-corrected chi connectivity index (χ0v) is 14.0. The Kier molecular flexibility index (Phi) is 5.96. The Morgan fingerprint density at radius 1 is 1.08 bits per heavy atom. The van der Waals surface area contributed by atoms with E-state index in [1.807, 2.05) is 30.6 Å². The van der Waals surface area contributed by atoms with Crippen molar-refractivity contribution in [3.8, 4) is 0 Å². The molecule has 1 amide bonds. The zero-order chi connectivity index (χ0) is 16.6. The summed E-state index contributed by atoms with van der Waals surface area (Å²) in [6.45, 7) is 2.62. The highest BCUT2D eigenvalue weighted by molar-refractivity contribution is 5.78. The summed E-state index contributed by atoms with van der Waals surface area (Å²) in [5.74, 6) is 0.310. The molecule has 1 atom stereocenters.